The van der Waals surface area contributed by atoms with E-state index in [4.69, 9.17) is 0 Å². The summed E-state index contributed by atoms with van der Waals surface area (Å²) in [6.07, 6.45) is 7.12. The van der Waals surface area contributed by atoms with E-state index >= 15 is 0 Å². The van der Waals surface area contributed by atoms with Crippen molar-refractivity contribution in [3.8, 4) is 0 Å². The summed E-state index contributed by atoms with van der Waals surface area (Å²) in [5, 5.41) is 5.89. The summed E-state index contributed by atoms with van der Waals surface area (Å²) in [5.74, 6) is 0.953. The van der Waals surface area contributed by atoms with E-state index in [0.717, 1.165) is 12.5 Å². The quantitative estimate of drug-likeness (QED) is 0.794. The number of nitrogens with one attached hydrogen (secondary N) is 1. The zero-order valence-corrected chi connectivity index (χ0v) is 12.6. The Hall–Kier alpha value is -0.380. The van der Waals surface area contributed by atoms with Gasteiger partial charge in [-0.2, -0.15) is 0 Å². The monoisotopic (exact) mass is 279 g/mol. The van der Waals surface area contributed by atoms with Crippen LogP contribution in [0.5, 0.6) is 0 Å². The van der Waals surface area contributed by atoms with E-state index in [9.17, 15) is 0 Å². The Morgan fingerprint density at radius 1 is 1.33 bits per heavy atom. The average Bonchev–Trinajstić information content (AvgIpc) is 3.04. The van der Waals surface area contributed by atoms with Crippen molar-refractivity contribution >= 4 is 32.1 Å². The molecule has 0 radical (unpaired) electrons. The van der Waals surface area contributed by atoms with Crippen LogP contribution < -0.4 is 5.32 Å². The van der Waals surface area contributed by atoms with Crippen molar-refractivity contribution in [2.75, 3.05) is 6.54 Å². The van der Waals surface area contributed by atoms with Crippen LogP contribution in [-0.2, 0) is 0 Å². The highest BCUT2D eigenvalue weighted by molar-refractivity contribution is 7.26. The number of hydrogen-bond donors (Lipinski definition) is 1. The molecule has 1 aliphatic rings. The second-order valence-electron chi connectivity index (χ2n) is 5.29. The van der Waals surface area contributed by atoms with Crippen molar-refractivity contribution in [2.24, 2.45) is 5.92 Å². The molecule has 3 heteroatoms. The van der Waals surface area contributed by atoms with Crippen LogP contribution in [0.3, 0.4) is 0 Å². The minimum absolute atomic E-state index is 0.586. The van der Waals surface area contributed by atoms with Gasteiger partial charge in [0.05, 0.1) is 0 Å². The Labute approximate surface area is 117 Å². The summed E-state index contributed by atoms with van der Waals surface area (Å²) >= 11 is 3.85. The van der Waals surface area contributed by atoms with E-state index in [1.54, 1.807) is 4.88 Å². The molecule has 2 aromatic rings. The maximum Gasteiger partial charge on any atom is 0.0454 e. The van der Waals surface area contributed by atoms with E-state index in [2.05, 4.69) is 29.8 Å². The summed E-state index contributed by atoms with van der Waals surface area (Å²) in [6, 6.07) is 5.25. The average molecular weight is 279 g/mol. The van der Waals surface area contributed by atoms with Gasteiger partial charge in [0.25, 0.3) is 0 Å². The third-order valence-electron chi connectivity index (χ3n) is 4.00. The van der Waals surface area contributed by atoms with Gasteiger partial charge in [-0.15, -0.1) is 22.7 Å². The van der Waals surface area contributed by atoms with Crippen molar-refractivity contribution < 1.29 is 0 Å². The smallest absolute Gasteiger partial charge is 0.0454 e. The van der Waals surface area contributed by atoms with Crippen molar-refractivity contribution in [3.63, 3.8) is 0 Å². The van der Waals surface area contributed by atoms with Crippen molar-refractivity contribution in [2.45, 2.75) is 45.1 Å². The van der Waals surface area contributed by atoms with Crippen molar-refractivity contribution in [1.82, 2.24) is 5.32 Å². The Bertz CT molecular complexity index is 465. The molecular formula is C15H21NS2. The fourth-order valence-corrected chi connectivity index (χ4v) is 5.29. The maximum atomic E-state index is 3.69. The lowest BCUT2D eigenvalue weighted by Crippen LogP contribution is -2.22. The lowest BCUT2D eigenvalue weighted by molar-refractivity contribution is 0.405. The van der Waals surface area contributed by atoms with Gasteiger partial charge in [-0.3, -0.25) is 0 Å². The highest BCUT2D eigenvalue weighted by Crippen LogP contribution is 2.38. The molecule has 98 valence electrons. The van der Waals surface area contributed by atoms with Crippen LogP contribution in [0.15, 0.2) is 17.5 Å². The van der Waals surface area contributed by atoms with Crippen LogP contribution >= 0.6 is 22.7 Å². The van der Waals surface area contributed by atoms with Gasteiger partial charge in [-0.05, 0) is 36.4 Å². The normalized spacial score (nSPS) is 18.7. The van der Waals surface area contributed by atoms with Crippen LogP contribution in [0.2, 0.25) is 0 Å². The molecule has 1 N–H and O–H groups in total. The second-order valence-corrected chi connectivity index (χ2v) is 7.36. The molecule has 0 amide bonds. The molecular weight excluding hydrogens is 258 g/mol. The number of rotatable bonds is 5. The molecule has 0 saturated heterocycles. The van der Waals surface area contributed by atoms with E-state index in [0.29, 0.717) is 6.04 Å². The minimum atomic E-state index is 0.586. The Morgan fingerprint density at radius 3 is 2.89 bits per heavy atom. The highest BCUT2D eigenvalue weighted by atomic mass is 32.1. The predicted octanol–water partition coefficient (Wildman–Crippen LogP) is 5.19. The number of hydrogen-bond acceptors (Lipinski definition) is 3. The molecule has 3 rings (SSSR count). The molecule has 2 aromatic heterocycles. The van der Waals surface area contributed by atoms with Crippen LogP contribution in [-0.4, -0.2) is 6.54 Å². The molecule has 1 nitrogen and oxygen atoms in total. The molecule has 0 aromatic carbocycles. The summed E-state index contributed by atoms with van der Waals surface area (Å²) in [6.45, 7) is 3.29. The topological polar surface area (TPSA) is 12.0 Å². The second kappa shape index (κ2) is 5.72. The van der Waals surface area contributed by atoms with E-state index in [1.165, 1.54) is 41.5 Å². The van der Waals surface area contributed by atoms with Gasteiger partial charge in [0, 0.05) is 20.3 Å². The first-order valence-electron chi connectivity index (χ1n) is 7.07. The molecule has 0 bridgehead atoms. The third kappa shape index (κ3) is 2.63. The first-order chi connectivity index (χ1) is 8.86. The summed E-state index contributed by atoms with van der Waals surface area (Å²) < 4.78 is 2.92. The molecule has 18 heavy (non-hydrogen) atoms. The molecule has 1 aliphatic carbocycles. The van der Waals surface area contributed by atoms with E-state index in [-0.39, 0.29) is 0 Å². The van der Waals surface area contributed by atoms with Gasteiger partial charge in [-0.1, -0.05) is 32.6 Å². The predicted molar refractivity (Wildman–Crippen MR) is 82.7 cm³/mol. The zero-order chi connectivity index (χ0) is 12.4. The maximum absolute atomic E-state index is 3.69. The van der Waals surface area contributed by atoms with Crippen LogP contribution in [0.25, 0.3) is 9.40 Å². The van der Waals surface area contributed by atoms with Crippen LogP contribution in [0.4, 0.5) is 0 Å². The third-order valence-corrected chi connectivity index (χ3v) is 6.20. The first kappa shape index (κ1) is 12.6. The van der Waals surface area contributed by atoms with Gasteiger partial charge >= 0.3 is 0 Å². The van der Waals surface area contributed by atoms with Crippen molar-refractivity contribution in [3.05, 3.63) is 22.4 Å². The molecule has 2 heterocycles. The molecule has 1 unspecified atom stereocenters. The largest absolute Gasteiger partial charge is 0.310 e. The van der Waals surface area contributed by atoms with Crippen LogP contribution in [0.1, 0.15) is 49.9 Å². The Morgan fingerprint density at radius 2 is 2.17 bits per heavy atom. The highest BCUT2D eigenvalue weighted by Gasteiger charge is 2.22. The summed E-state index contributed by atoms with van der Waals surface area (Å²) in [5.41, 5.74) is 0. The molecule has 0 aliphatic heterocycles. The minimum Gasteiger partial charge on any atom is -0.310 e. The standard InChI is InChI=1S/C15H21NS2/c1-2-16-12(9-11-5-3-4-6-11)14-10-15-13(18-14)7-8-17-15/h7-8,10-12,16H,2-6,9H2,1H3. The lowest BCUT2D eigenvalue weighted by Gasteiger charge is -2.20. The Kier molecular flexibility index (Phi) is 4.02. The molecule has 0 spiro atoms. The first-order valence-corrected chi connectivity index (χ1v) is 8.76. The number of fused-ring (bicyclic) bond motifs is 1. The Balaban J connectivity index is 1.77. The molecule has 1 atom stereocenters. The van der Waals surface area contributed by atoms with E-state index in [1.807, 2.05) is 22.7 Å². The summed E-state index contributed by atoms with van der Waals surface area (Å²) in [4.78, 5) is 1.55. The fourth-order valence-electron chi connectivity index (χ4n) is 3.08. The van der Waals surface area contributed by atoms with Gasteiger partial charge in [-0.25, -0.2) is 0 Å². The fraction of sp³-hybridized carbons (Fsp3) is 0.600. The van der Waals surface area contributed by atoms with Gasteiger partial charge < -0.3 is 5.32 Å². The lowest BCUT2D eigenvalue weighted by atomic mass is 9.97. The van der Waals surface area contributed by atoms with Crippen LogP contribution in [0, 0.1) is 5.92 Å². The van der Waals surface area contributed by atoms with Gasteiger partial charge in [0.1, 0.15) is 0 Å². The van der Waals surface area contributed by atoms with Crippen molar-refractivity contribution in [1.29, 1.82) is 0 Å². The molecule has 1 saturated carbocycles. The molecule has 1 fully saturated rings. The SMILES string of the molecule is CCNC(CC1CCCC1)c1cc2sccc2s1. The zero-order valence-electron chi connectivity index (χ0n) is 10.9. The van der Waals surface area contributed by atoms with E-state index < -0.39 is 0 Å². The van der Waals surface area contributed by atoms with Gasteiger partial charge in [0.15, 0.2) is 0 Å². The summed E-state index contributed by atoms with van der Waals surface area (Å²) in [7, 11) is 0. The van der Waals surface area contributed by atoms with Gasteiger partial charge in [0.2, 0.25) is 0 Å². The number of thiophene rings is 2.